The van der Waals surface area contributed by atoms with E-state index in [0.717, 1.165) is 19.6 Å². The van der Waals surface area contributed by atoms with Crippen molar-refractivity contribution in [1.82, 2.24) is 5.32 Å². The van der Waals surface area contributed by atoms with E-state index in [2.05, 4.69) is 74.1 Å². The van der Waals surface area contributed by atoms with E-state index in [1.54, 1.807) is 0 Å². The molecule has 0 amide bonds. The first kappa shape index (κ1) is 16.2. The summed E-state index contributed by atoms with van der Waals surface area (Å²) >= 11 is 0. The van der Waals surface area contributed by atoms with Crippen LogP contribution >= 0.6 is 0 Å². The summed E-state index contributed by atoms with van der Waals surface area (Å²) in [6.07, 6.45) is 2.46. The number of anilines is 2. The van der Waals surface area contributed by atoms with Gasteiger partial charge in [0.1, 0.15) is 0 Å². The maximum absolute atomic E-state index is 3.69. The van der Waals surface area contributed by atoms with E-state index in [-0.39, 0.29) is 5.54 Å². The molecule has 21 heavy (non-hydrogen) atoms. The molecule has 1 heterocycles. The molecule has 3 heteroatoms. The van der Waals surface area contributed by atoms with E-state index in [9.17, 15) is 0 Å². The number of hydrogen-bond acceptors (Lipinski definition) is 3. The van der Waals surface area contributed by atoms with Crippen LogP contribution in [0.3, 0.4) is 0 Å². The molecule has 0 saturated carbocycles. The smallest absolute Gasteiger partial charge is 0.0607 e. The Balaban J connectivity index is 2.19. The molecule has 1 aliphatic heterocycles. The van der Waals surface area contributed by atoms with Gasteiger partial charge in [-0.15, -0.1) is 0 Å². The molecular formula is C18H31N3. The number of para-hydroxylation sites is 2. The first-order valence-corrected chi connectivity index (χ1v) is 8.24. The van der Waals surface area contributed by atoms with E-state index in [4.69, 9.17) is 0 Å². The maximum atomic E-state index is 3.69. The Hall–Kier alpha value is -1.22. The molecular weight excluding hydrogens is 258 g/mol. The highest BCUT2D eigenvalue weighted by molar-refractivity contribution is 5.73. The lowest BCUT2D eigenvalue weighted by Crippen LogP contribution is -2.51. The van der Waals surface area contributed by atoms with Gasteiger partial charge in [-0.25, -0.2) is 0 Å². The number of nitrogens with one attached hydrogen (secondary N) is 1. The summed E-state index contributed by atoms with van der Waals surface area (Å²) < 4.78 is 0. The van der Waals surface area contributed by atoms with Gasteiger partial charge in [-0.1, -0.05) is 25.5 Å². The Morgan fingerprint density at radius 3 is 2.43 bits per heavy atom. The van der Waals surface area contributed by atoms with E-state index in [1.807, 2.05) is 0 Å². The zero-order valence-electron chi connectivity index (χ0n) is 14.3. The van der Waals surface area contributed by atoms with Gasteiger partial charge in [0, 0.05) is 38.3 Å². The van der Waals surface area contributed by atoms with Gasteiger partial charge >= 0.3 is 0 Å². The number of likely N-dealkylation sites (N-methyl/N-ethyl adjacent to an activating group) is 1. The van der Waals surface area contributed by atoms with E-state index in [1.165, 1.54) is 24.2 Å². The van der Waals surface area contributed by atoms with Gasteiger partial charge in [0.25, 0.3) is 0 Å². The zero-order chi connectivity index (χ0) is 15.5. The fourth-order valence-electron chi connectivity index (χ4n) is 3.03. The summed E-state index contributed by atoms with van der Waals surface area (Å²) in [5.41, 5.74) is 2.93. The van der Waals surface area contributed by atoms with Gasteiger partial charge < -0.3 is 15.1 Å². The number of nitrogens with zero attached hydrogens (tertiary/aromatic N) is 2. The highest BCUT2D eigenvalue weighted by atomic mass is 15.3. The predicted molar refractivity (Wildman–Crippen MR) is 93.5 cm³/mol. The van der Waals surface area contributed by atoms with Crippen LogP contribution in [0.5, 0.6) is 0 Å². The zero-order valence-corrected chi connectivity index (χ0v) is 14.3. The number of hydrogen-bond donors (Lipinski definition) is 1. The minimum atomic E-state index is 0.179. The Kier molecular flexibility index (Phi) is 5.15. The van der Waals surface area contributed by atoms with Crippen LogP contribution in [0.4, 0.5) is 11.4 Å². The van der Waals surface area contributed by atoms with E-state index >= 15 is 0 Å². The standard InChI is InChI=1S/C18H31N3/c1-6-9-15(14-19-18(2,3)4)21-13-12-20(5)16-10-7-8-11-17(16)21/h7-8,10-11,15,19H,6,9,12-14H2,1-5H3. The lowest BCUT2D eigenvalue weighted by Gasteiger charge is -2.42. The Labute approximate surface area is 130 Å². The van der Waals surface area contributed by atoms with Crippen molar-refractivity contribution < 1.29 is 0 Å². The van der Waals surface area contributed by atoms with Crippen LogP contribution in [0.1, 0.15) is 40.5 Å². The molecule has 1 unspecified atom stereocenters. The van der Waals surface area contributed by atoms with Gasteiger partial charge in [0.05, 0.1) is 11.4 Å². The summed E-state index contributed by atoms with van der Waals surface area (Å²) in [4.78, 5) is 4.98. The lowest BCUT2D eigenvalue weighted by molar-refractivity contribution is 0.386. The summed E-state index contributed by atoms with van der Waals surface area (Å²) in [6.45, 7) is 12.3. The van der Waals surface area contributed by atoms with Crippen molar-refractivity contribution in [1.29, 1.82) is 0 Å². The predicted octanol–water partition coefficient (Wildman–Crippen LogP) is 3.50. The third-order valence-corrected chi connectivity index (χ3v) is 4.21. The lowest BCUT2D eigenvalue weighted by atomic mass is 10.0. The summed E-state index contributed by atoms with van der Waals surface area (Å²) in [6, 6.07) is 9.38. The third kappa shape index (κ3) is 4.13. The average Bonchev–Trinajstić information content (AvgIpc) is 2.44. The molecule has 1 atom stereocenters. The second kappa shape index (κ2) is 6.69. The summed E-state index contributed by atoms with van der Waals surface area (Å²) in [5, 5.41) is 3.69. The van der Waals surface area contributed by atoms with E-state index in [0.29, 0.717) is 6.04 Å². The molecule has 0 saturated heterocycles. The van der Waals surface area contributed by atoms with Gasteiger partial charge in [0.15, 0.2) is 0 Å². The monoisotopic (exact) mass is 289 g/mol. The van der Waals surface area contributed by atoms with Crippen LogP contribution in [-0.4, -0.2) is 38.3 Å². The highest BCUT2D eigenvalue weighted by Crippen LogP contribution is 2.33. The molecule has 2 rings (SSSR count). The first-order valence-electron chi connectivity index (χ1n) is 8.24. The molecule has 0 spiro atoms. The molecule has 1 aromatic carbocycles. The van der Waals surface area contributed by atoms with Gasteiger partial charge in [-0.2, -0.15) is 0 Å². The van der Waals surface area contributed by atoms with Crippen LogP contribution in [0.15, 0.2) is 24.3 Å². The molecule has 0 radical (unpaired) electrons. The normalized spacial score (nSPS) is 16.8. The SMILES string of the molecule is CCCC(CNC(C)(C)C)N1CCN(C)c2ccccc21. The maximum Gasteiger partial charge on any atom is 0.0607 e. The molecule has 0 aromatic heterocycles. The van der Waals surface area contributed by atoms with Crippen LogP contribution in [0, 0.1) is 0 Å². The fourth-order valence-corrected chi connectivity index (χ4v) is 3.03. The van der Waals surface area contributed by atoms with E-state index < -0.39 is 0 Å². The quantitative estimate of drug-likeness (QED) is 0.895. The molecule has 0 bridgehead atoms. The number of fused-ring (bicyclic) bond motifs is 1. The van der Waals surface area contributed by atoms with Crippen molar-refractivity contribution in [3.8, 4) is 0 Å². The first-order chi connectivity index (χ1) is 9.92. The largest absolute Gasteiger partial charge is 0.371 e. The van der Waals surface area contributed by atoms with Crippen LogP contribution in [0.25, 0.3) is 0 Å². The van der Waals surface area contributed by atoms with Crippen molar-refractivity contribution >= 4 is 11.4 Å². The Morgan fingerprint density at radius 2 is 1.81 bits per heavy atom. The number of rotatable bonds is 5. The highest BCUT2D eigenvalue weighted by Gasteiger charge is 2.26. The van der Waals surface area contributed by atoms with Gasteiger partial charge in [-0.3, -0.25) is 0 Å². The van der Waals surface area contributed by atoms with Crippen LogP contribution < -0.4 is 15.1 Å². The minimum absolute atomic E-state index is 0.179. The second-order valence-electron chi connectivity index (χ2n) is 7.18. The second-order valence-corrected chi connectivity index (χ2v) is 7.18. The topological polar surface area (TPSA) is 18.5 Å². The van der Waals surface area contributed by atoms with Crippen molar-refractivity contribution in [3.05, 3.63) is 24.3 Å². The third-order valence-electron chi connectivity index (χ3n) is 4.21. The number of benzene rings is 1. The van der Waals surface area contributed by atoms with Gasteiger partial charge in [0.2, 0.25) is 0 Å². The summed E-state index contributed by atoms with van der Waals surface area (Å²) in [7, 11) is 2.19. The Bertz CT molecular complexity index is 450. The van der Waals surface area contributed by atoms with Crippen molar-refractivity contribution in [3.63, 3.8) is 0 Å². The molecule has 1 aromatic rings. The molecule has 0 aliphatic carbocycles. The summed E-state index contributed by atoms with van der Waals surface area (Å²) in [5.74, 6) is 0. The van der Waals surface area contributed by atoms with Crippen molar-refractivity contribution in [2.24, 2.45) is 0 Å². The molecule has 118 valence electrons. The molecule has 0 fully saturated rings. The van der Waals surface area contributed by atoms with Crippen LogP contribution in [-0.2, 0) is 0 Å². The van der Waals surface area contributed by atoms with Crippen molar-refractivity contribution in [2.75, 3.05) is 36.5 Å². The van der Waals surface area contributed by atoms with Gasteiger partial charge in [-0.05, 0) is 39.3 Å². The molecule has 1 N–H and O–H groups in total. The minimum Gasteiger partial charge on any atom is -0.371 e. The Morgan fingerprint density at radius 1 is 1.14 bits per heavy atom. The molecule has 3 nitrogen and oxygen atoms in total. The van der Waals surface area contributed by atoms with Crippen molar-refractivity contribution in [2.45, 2.75) is 52.1 Å². The average molecular weight is 289 g/mol. The molecule has 1 aliphatic rings. The van der Waals surface area contributed by atoms with Crippen LogP contribution in [0.2, 0.25) is 0 Å². The fraction of sp³-hybridized carbons (Fsp3) is 0.667.